The second-order valence-electron chi connectivity index (χ2n) is 4.73. The van der Waals surface area contributed by atoms with Gasteiger partial charge >= 0.3 is 0 Å². The number of hydrogen-bond acceptors (Lipinski definition) is 6. The third-order valence-electron chi connectivity index (χ3n) is 3.03. The van der Waals surface area contributed by atoms with Crippen LogP contribution in [0.4, 0.5) is 14.5 Å². The van der Waals surface area contributed by atoms with Gasteiger partial charge in [-0.15, -0.1) is 10.2 Å². The second-order valence-corrected chi connectivity index (χ2v) is 5.66. The van der Waals surface area contributed by atoms with Crippen LogP contribution in [0.5, 0.6) is 0 Å². The molecule has 1 amide bonds. The smallest absolute Gasteiger partial charge is 0.277 e. The third kappa shape index (κ3) is 3.62. The Hall–Kier alpha value is -2.68. The molecule has 3 rings (SSSR count). The maximum atomic E-state index is 13.1. The summed E-state index contributed by atoms with van der Waals surface area (Å²) in [6.07, 6.45) is 1.51. The molecule has 1 aromatic carbocycles. The van der Waals surface area contributed by atoms with E-state index in [2.05, 4.69) is 15.5 Å². The van der Waals surface area contributed by atoms with E-state index in [0.717, 1.165) is 23.9 Å². The number of halogens is 2. The number of carbonyl (C=O) groups is 1. The van der Waals surface area contributed by atoms with E-state index in [0.29, 0.717) is 17.2 Å². The zero-order valence-electron chi connectivity index (χ0n) is 12.4. The first-order valence-corrected chi connectivity index (χ1v) is 7.77. The average Bonchev–Trinajstić information content (AvgIpc) is 3.17. The Morgan fingerprint density at radius 3 is 2.79 bits per heavy atom. The highest BCUT2D eigenvalue weighted by molar-refractivity contribution is 7.99. The summed E-state index contributed by atoms with van der Waals surface area (Å²) in [5.74, 6) is -1.50. The van der Waals surface area contributed by atoms with Crippen LogP contribution in [-0.2, 0) is 4.79 Å². The largest absolute Gasteiger partial charge is 0.469 e. The van der Waals surface area contributed by atoms with Gasteiger partial charge in [0.05, 0.1) is 17.6 Å². The van der Waals surface area contributed by atoms with E-state index >= 15 is 0 Å². The first-order valence-electron chi connectivity index (χ1n) is 6.78. The highest BCUT2D eigenvalue weighted by atomic mass is 32.2. The normalized spacial score (nSPS) is 10.8. The summed E-state index contributed by atoms with van der Waals surface area (Å²) >= 11 is 1.03. The number of anilines is 1. The molecule has 0 unspecified atom stereocenters. The molecule has 0 aliphatic rings. The standard InChI is InChI=1S/C15H11F2N3O3S/c1-8-10(4-5-22-8)14-19-20-15(23-14)24-7-13(21)18-9-2-3-11(16)12(17)6-9/h2-6H,7H2,1H3,(H,18,21). The average molecular weight is 351 g/mol. The zero-order chi connectivity index (χ0) is 17.1. The van der Waals surface area contributed by atoms with E-state index in [1.165, 1.54) is 12.3 Å². The van der Waals surface area contributed by atoms with E-state index < -0.39 is 17.5 Å². The topological polar surface area (TPSA) is 81.2 Å². The molecule has 0 aliphatic heterocycles. The molecular weight excluding hydrogens is 340 g/mol. The monoisotopic (exact) mass is 351 g/mol. The molecule has 9 heteroatoms. The molecule has 3 aromatic rings. The van der Waals surface area contributed by atoms with Gasteiger partial charge in [0.2, 0.25) is 5.91 Å². The summed E-state index contributed by atoms with van der Waals surface area (Å²) in [7, 11) is 0. The molecule has 0 saturated carbocycles. The van der Waals surface area contributed by atoms with Crippen LogP contribution in [0.25, 0.3) is 11.5 Å². The van der Waals surface area contributed by atoms with Crippen molar-refractivity contribution in [2.24, 2.45) is 0 Å². The lowest BCUT2D eigenvalue weighted by Crippen LogP contribution is -2.14. The molecule has 124 valence electrons. The number of nitrogens with zero attached hydrogens (tertiary/aromatic N) is 2. The van der Waals surface area contributed by atoms with Crippen LogP contribution in [0.15, 0.2) is 44.6 Å². The van der Waals surface area contributed by atoms with E-state index in [1.807, 2.05) is 0 Å². The third-order valence-corrected chi connectivity index (χ3v) is 3.84. The minimum atomic E-state index is -1.03. The fourth-order valence-electron chi connectivity index (χ4n) is 1.88. The van der Waals surface area contributed by atoms with Crippen molar-refractivity contribution in [3.05, 3.63) is 47.9 Å². The van der Waals surface area contributed by atoms with E-state index in [1.54, 1.807) is 13.0 Å². The van der Waals surface area contributed by atoms with Gasteiger partial charge in [0.25, 0.3) is 11.1 Å². The Labute approximate surface area is 139 Å². The molecule has 1 N–H and O–H groups in total. The molecule has 0 atom stereocenters. The fraction of sp³-hybridized carbons (Fsp3) is 0.133. The number of carbonyl (C=O) groups excluding carboxylic acids is 1. The molecule has 0 spiro atoms. The Morgan fingerprint density at radius 2 is 2.08 bits per heavy atom. The Morgan fingerprint density at radius 1 is 1.25 bits per heavy atom. The second kappa shape index (κ2) is 6.83. The van der Waals surface area contributed by atoms with Gasteiger partial charge in [-0.1, -0.05) is 11.8 Å². The quantitative estimate of drug-likeness (QED) is 0.707. The fourth-order valence-corrected chi connectivity index (χ4v) is 2.45. The maximum Gasteiger partial charge on any atom is 0.277 e. The Bertz CT molecular complexity index is 878. The van der Waals surface area contributed by atoms with Crippen molar-refractivity contribution in [1.82, 2.24) is 10.2 Å². The van der Waals surface area contributed by atoms with E-state index in [4.69, 9.17) is 8.83 Å². The molecule has 0 aliphatic carbocycles. The zero-order valence-corrected chi connectivity index (χ0v) is 13.2. The van der Waals surface area contributed by atoms with Crippen molar-refractivity contribution in [2.45, 2.75) is 12.1 Å². The molecule has 2 aromatic heterocycles. The molecule has 24 heavy (non-hydrogen) atoms. The van der Waals surface area contributed by atoms with Gasteiger partial charge in [-0.3, -0.25) is 4.79 Å². The number of nitrogens with one attached hydrogen (secondary N) is 1. The summed E-state index contributed by atoms with van der Waals surface area (Å²) < 4.78 is 36.5. The SMILES string of the molecule is Cc1occc1-c1nnc(SCC(=O)Nc2ccc(F)c(F)c2)o1. The predicted molar refractivity (Wildman–Crippen MR) is 82.4 cm³/mol. The van der Waals surface area contributed by atoms with Crippen molar-refractivity contribution in [3.8, 4) is 11.5 Å². The van der Waals surface area contributed by atoms with Gasteiger partial charge in [0.1, 0.15) is 5.76 Å². The summed E-state index contributed by atoms with van der Waals surface area (Å²) in [5.41, 5.74) is 0.848. The maximum absolute atomic E-state index is 13.1. The van der Waals surface area contributed by atoms with Gasteiger partial charge in [-0.25, -0.2) is 8.78 Å². The molecule has 2 heterocycles. The molecule has 0 fully saturated rings. The van der Waals surface area contributed by atoms with Gasteiger partial charge < -0.3 is 14.2 Å². The summed E-state index contributed by atoms with van der Waals surface area (Å²) in [6.45, 7) is 1.77. The molecule has 6 nitrogen and oxygen atoms in total. The van der Waals surface area contributed by atoms with Gasteiger partial charge in [-0.05, 0) is 25.1 Å². The highest BCUT2D eigenvalue weighted by Crippen LogP contribution is 2.26. The van der Waals surface area contributed by atoms with Gasteiger partial charge in [0.15, 0.2) is 11.6 Å². The summed E-state index contributed by atoms with van der Waals surface area (Å²) in [5, 5.41) is 10.4. The number of furan rings is 1. The molecule has 0 bridgehead atoms. The van der Waals surface area contributed by atoms with E-state index in [-0.39, 0.29) is 16.7 Å². The number of aryl methyl sites for hydroxylation is 1. The first kappa shape index (κ1) is 16.2. The first-order chi connectivity index (χ1) is 11.5. The van der Waals surface area contributed by atoms with Crippen molar-refractivity contribution >= 4 is 23.4 Å². The van der Waals surface area contributed by atoms with Crippen molar-refractivity contribution < 1.29 is 22.4 Å². The molecule has 0 radical (unpaired) electrons. The van der Waals surface area contributed by atoms with Crippen LogP contribution in [0, 0.1) is 18.6 Å². The van der Waals surface area contributed by atoms with Crippen LogP contribution in [-0.4, -0.2) is 21.9 Å². The number of hydrogen-bond donors (Lipinski definition) is 1. The van der Waals surface area contributed by atoms with Crippen molar-refractivity contribution in [3.63, 3.8) is 0 Å². The van der Waals surface area contributed by atoms with Crippen LogP contribution < -0.4 is 5.32 Å². The van der Waals surface area contributed by atoms with Crippen LogP contribution in [0.2, 0.25) is 0 Å². The predicted octanol–water partition coefficient (Wildman–Crippen LogP) is 3.65. The lowest BCUT2D eigenvalue weighted by atomic mass is 10.3. The number of thioether (sulfide) groups is 1. The molecule has 0 saturated heterocycles. The number of rotatable bonds is 5. The number of aromatic nitrogens is 2. The van der Waals surface area contributed by atoms with Crippen LogP contribution >= 0.6 is 11.8 Å². The lowest BCUT2D eigenvalue weighted by Gasteiger charge is -2.04. The van der Waals surface area contributed by atoms with Crippen LogP contribution in [0.1, 0.15) is 5.76 Å². The minimum Gasteiger partial charge on any atom is -0.469 e. The van der Waals surface area contributed by atoms with Gasteiger partial charge in [0, 0.05) is 11.8 Å². The van der Waals surface area contributed by atoms with Gasteiger partial charge in [-0.2, -0.15) is 0 Å². The minimum absolute atomic E-state index is 0.0228. The van der Waals surface area contributed by atoms with E-state index in [9.17, 15) is 13.6 Å². The molecular formula is C15H11F2N3O3S. The summed E-state index contributed by atoms with van der Waals surface area (Å²) in [6, 6.07) is 4.82. The Balaban J connectivity index is 1.57. The van der Waals surface area contributed by atoms with Crippen LogP contribution in [0.3, 0.4) is 0 Å². The Kier molecular flexibility index (Phi) is 4.61. The summed E-state index contributed by atoms with van der Waals surface area (Å²) in [4.78, 5) is 11.8. The lowest BCUT2D eigenvalue weighted by molar-refractivity contribution is -0.113. The van der Waals surface area contributed by atoms with Crippen molar-refractivity contribution in [1.29, 1.82) is 0 Å². The number of amides is 1. The highest BCUT2D eigenvalue weighted by Gasteiger charge is 2.14. The van der Waals surface area contributed by atoms with Crippen molar-refractivity contribution in [2.75, 3.05) is 11.1 Å². The number of benzene rings is 1.